The van der Waals surface area contributed by atoms with Gasteiger partial charge in [-0.05, 0) is 24.1 Å². The Balaban J connectivity index is 0.00000210. The molecule has 0 fully saturated rings. The minimum atomic E-state index is 0. The van der Waals surface area contributed by atoms with Crippen LogP contribution in [0.1, 0.15) is 11.1 Å². The summed E-state index contributed by atoms with van der Waals surface area (Å²) >= 11 is 0. The number of aliphatic imine (C=N–C) groups is 1. The number of nitrogens with one attached hydrogen (secondary N) is 3. The SMILES string of the molecule is CN=C(NCCc1c[nH]c2ccccc12)NCc1cccc2c1OCO2.I. The summed E-state index contributed by atoms with van der Waals surface area (Å²) in [5.74, 6) is 2.38. The van der Waals surface area contributed by atoms with Gasteiger partial charge in [0.25, 0.3) is 0 Å². The Morgan fingerprint density at radius 1 is 1.07 bits per heavy atom. The van der Waals surface area contributed by atoms with Crippen LogP contribution >= 0.6 is 24.0 Å². The molecule has 2 heterocycles. The maximum absolute atomic E-state index is 5.54. The number of aromatic amines is 1. The summed E-state index contributed by atoms with van der Waals surface area (Å²) in [5.41, 5.74) is 3.53. The van der Waals surface area contributed by atoms with E-state index < -0.39 is 0 Å². The van der Waals surface area contributed by atoms with Gasteiger partial charge in [-0.2, -0.15) is 0 Å². The fourth-order valence-electron chi connectivity index (χ4n) is 3.18. The Kier molecular flexibility index (Phi) is 6.44. The van der Waals surface area contributed by atoms with E-state index in [1.807, 2.05) is 24.3 Å². The fourth-order valence-corrected chi connectivity index (χ4v) is 3.18. The number of benzene rings is 2. The van der Waals surface area contributed by atoms with Crippen LogP contribution in [-0.4, -0.2) is 31.3 Å². The van der Waals surface area contributed by atoms with Crippen LogP contribution < -0.4 is 20.1 Å². The Morgan fingerprint density at radius 3 is 2.85 bits per heavy atom. The summed E-state index contributed by atoms with van der Waals surface area (Å²) in [7, 11) is 1.77. The van der Waals surface area contributed by atoms with Crippen LogP contribution in [0.4, 0.5) is 0 Å². The highest BCUT2D eigenvalue weighted by atomic mass is 127. The zero-order valence-electron chi connectivity index (χ0n) is 15.1. The highest BCUT2D eigenvalue weighted by molar-refractivity contribution is 14.0. The molecule has 2 aromatic carbocycles. The average Bonchev–Trinajstić information content (AvgIpc) is 3.32. The van der Waals surface area contributed by atoms with E-state index in [-0.39, 0.29) is 30.8 Å². The summed E-state index contributed by atoms with van der Waals surface area (Å²) in [5, 5.41) is 7.96. The number of fused-ring (bicyclic) bond motifs is 2. The second-order valence-corrected chi connectivity index (χ2v) is 6.11. The number of guanidine groups is 1. The smallest absolute Gasteiger partial charge is 0.231 e. The maximum atomic E-state index is 5.54. The summed E-state index contributed by atoms with van der Waals surface area (Å²) < 4.78 is 11.0. The van der Waals surface area contributed by atoms with Gasteiger partial charge in [-0.25, -0.2) is 0 Å². The van der Waals surface area contributed by atoms with Crippen molar-refractivity contribution in [3.63, 3.8) is 0 Å². The zero-order valence-corrected chi connectivity index (χ0v) is 17.4. The van der Waals surface area contributed by atoms with Crippen molar-refractivity contribution in [2.24, 2.45) is 4.99 Å². The van der Waals surface area contributed by atoms with Gasteiger partial charge in [-0.3, -0.25) is 4.99 Å². The lowest BCUT2D eigenvalue weighted by atomic mass is 10.1. The molecule has 1 aliphatic heterocycles. The molecular formula is C20H23IN4O2. The molecule has 4 rings (SSSR count). The molecule has 0 bridgehead atoms. The van der Waals surface area contributed by atoms with Crippen molar-refractivity contribution in [2.75, 3.05) is 20.4 Å². The molecule has 3 aromatic rings. The molecule has 0 aliphatic carbocycles. The average molecular weight is 478 g/mol. The predicted octanol–water partition coefficient (Wildman–Crippen LogP) is 3.42. The van der Waals surface area contributed by atoms with Crippen molar-refractivity contribution < 1.29 is 9.47 Å². The number of para-hydroxylation sites is 2. The van der Waals surface area contributed by atoms with Gasteiger partial charge in [0.1, 0.15) is 0 Å². The van der Waals surface area contributed by atoms with Crippen molar-refractivity contribution in [1.82, 2.24) is 15.6 Å². The number of rotatable bonds is 5. The molecule has 0 saturated heterocycles. The van der Waals surface area contributed by atoms with Crippen molar-refractivity contribution in [3.8, 4) is 11.5 Å². The highest BCUT2D eigenvalue weighted by Crippen LogP contribution is 2.35. The molecule has 7 heteroatoms. The number of nitrogens with zero attached hydrogens (tertiary/aromatic N) is 1. The third-order valence-corrected chi connectivity index (χ3v) is 4.51. The lowest BCUT2D eigenvalue weighted by Crippen LogP contribution is -2.37. The van der Waals surface area contributed by atoms with E-state index in [1.165, 1.54) is 16.5 Å². The number of hydrogen-bond acceptors (Lipinski definition) is 3. The topological polar surface area (TPSA) is 70.7 Å². The molecule has 0 amide bonds. The lowest BCUT2D eigenvalue weighted by molar-refractivity contribution is 0.173. The van der Waals surface area contributed by atoms with Crippen molar-refractivity contribution in [2.45, 2.75) is 13.0 Å². The molecule has 142 valence electrons. The molecule has 1 aromatic heterocycles. The number of H-pyrrole nitrogens is 1. The second kappa shape index (κ2) is 8.98. The van der Waals surface area contributed by atoms with Gasteiger partial charge in [0.2, 0.25) is 6.79 Å². The van der Waals surface area contributed by atoms with Crippen LogP contribution in [-0.2, 0) is 13.0 Å². The molecule has 1 aliphatic rings. The Bertz CT molecular complexity index is 939. The number of ether oxygens (including phenoxy) is 2. The Hall–Kier alpha value is -2.42. The van der Waals surface area contributed by atoms with E-state index in [9.17, 15) is 0 Å². The largest absolute Gasteiger partial charge is 0.454 e. The molecule has 0 atom stereocenters. The molecule has 27 heavy (non-hydrogen) atoms. The summed E-state index contributed by atoms with van der Waals surface area (Å²) in [6.07, 6.45) is 3.00. The quantitative estimate of drug-likeness (QED) is 0.299. The number of hydrogen-bond donors (Lipinski definition) is 3. The normalized spacial score (nSPS) is 12.7. The summed E-state index contributed by atoms with van der Waals surface area (Å²) in [6.45, 7) is 1.71. The first-order chi connectivity index (χ1) is 12.8. The molecule has 0 spiro atoms. The molecule has 0 unspecified atom stereocenters. The van der Waals surface area contributed by atoms with Gasteiger partial charge in [0.05, 0.1) is 0 Å². The second-order valence-electron chi connectivity index (χ2n) is 6.11. The molecule has 0 saturated carbocycles. The molecular weight excluding hydrogens is 455 g/mol. The third-order valence-electron chi connectivity index (χ3n) is 4.51. The van der Waals surface area contributed by atoms with Crippen LogP contribution in [0.5, 0.6) is 11.5 Å². The fraction of sp³-hybridized carbons (Fsp3) is 0.250. The Labute approximate surface area is 175 Å². The standard InChI is InChI=1S/C20H22N4O2.HI/c1-21-20(24-12-15-5-4-8-18-19(15)26-13-25-18)22-10-9-14-11-23-17-7-3-2-6-16(14)17;/h2-8,11,23H,9-10,12-13H2,1H3,(H2,21,22,24);1H. The summed E-state index contributed by atoms with van der Waals surface area (Å²) in [6, 6.07) is 14.3. The first-order valence-corrected chi connectivity index (χ1v) is 8.72. The number of aromatic nitrogens is 1. The number of halogens is 1. The zero-order chi connectivity index (χ0) is 17.8. The maximum Gasteiger partial charge on any atom is 0.231 e. The van der Waals surface area contributed by atoms with Crippen molar-refractivity contribution >= 4 is 40.8 Å². The van der Waals surface area contributed by atoms with Gasteiger partial charge >= 0.3 is 0 Å². The minimum absolute atomic E-state index is 0. The van der Waals surface area contributed by atoms with E-state index >= 15 is 0 Å². The molecule has 3 N–H and O–H groups in total. The van der Waals surface area contributed by atoms with Gasteiger partial charge in [-0.15, -0.1) is 24.0 Å². The van der Waals surface area contributed by atoms with E-state index in [1.54, 1.807) is 7.05 Å². The van der Waals surface area contributed by atoms with Crippen LogP contribution in [0, 0.1) is 0 Å². The van der Waals surface area contributed by atoms with Gasteiger partial charge in [0, 0.05) is 42.8 Å². The van der Waals surface area contributed by atoms with E-state index in [2.05, 4.69) is 45.0 Å². The van der Waals surface area contributed by atoms with Crippen LogP contribution in [0.15, 0.2) is 53.7 Å². The van der Waals surface area contributed by atoms with Crippen LogP contribution in [0.3, 0.4) is 0 Å². The minimum Gasteiger partial charge on any atom is -0.454 e. The van der Waals surface area contributed by atoms with Crippen molar-refractivity contribution in [3.05, 3.63) is 59.8 Å². The monoisotopic (exact) mass is 478 g/mol. The molecule has 0 radical (unpaired) electrons. The first kappa shape index (κ1) is 19.3. The van der Waals surface area contributed by atoms with E-state index in [4.69, 9.17) is 9.47 Å². The first-order valence-electron chi connectivity index (χ1n) is 8.72. The summed E-state index contributed by atoms with van der Waals surface area (Å²) in [4.78, 5) is 7.60. The van der Waals surface area contributed by atoms with Gasteiger partial charge < -0.3 is 25.1 Å². The van der Waals surface area contributed by atoms with Gasteiger partial charge in [-0.1, -0.05) is 30.3 Å². The van der Waals surface area contributed by atoms with E-state index in [0.717, 1.165) is 36.0 Å². The van der Waals surface area contributed by atoms with Crippen LogP contribution in [0.25, 0.3) is 10.9 Å². The molecule has 6 nitrogen and oxygen atoms in total. The predicted molar refractivity (Wildman–Crippen MR) is 118 cm³/mol. The highest BCUT2D eigenvalue weighted by Gasteiger charge is 2.17. The van der Waals surface area contributed by atoms with E-state index in [0.29, 0.717) is 6.54 Å². The third kappa shape index (κ3) is 4.29. The van der Waals surface area contributed by atoms with Crippen LogP contribution in [0.2, 0.25) is 0 Å². The van der Waals surface area contributed by atoms with Crippen molar-refractivity contribution in [1.29, 1.82) is 0 Å². The van der Waals surface area contributed by atoms with Gasteiger partial charge in [0.15, 0.2) is 17.5 Å². The lowest BCUT2D eigenvalue weighted by Gasteiger charge is -2.13. The Morgan fingerprint density at radius 2 is 1.96 bits per heavy atom.